The molecular weight excluding hydrogens is 290 g/mol. The number of aliphatic hydroxyl groups is 1. The molecule has 23 heavy (non-hydrogen) atoms. The standard InChI is InChI=1S/C17H21N5O/c1-3-21(4-2)17-15-10-14(13-6-5-7-18-11-13)12-19-16(15)22(20-17)8-9-23/h5-7,10-12,23H,3-4,8-9H2,1-2H3. The molecule has 3 rings (SSSR count). The third kappa shape index (κ3) is 2.90. The Labute approximate surface area is 135 Å². The van der Waals surface area contributed by atoms with E-state index in [1.165, 1.54) is 0 Å². The summed E-state index contributed by atoms with van der Waals surface area (Å²) in [5, 5.41) is 14.9. The summed E-state index contributed by atoms with van der Waals surface area (Å²) in [5.74, 6) is 0.914. The molecule has 0 amide bonds. The summed E-state index contributed by atoms with van der Waals surface area (Å²) in [7, 11) is 0. The lowest BCUT2D eigenvalue weighted by molar-refractivity contribution is 0.271. The third-order valence-electron chi connectivity index (χ3n) is 3.94. The van der Waals surface area contributed by atoms with Crippen molar-refractivity contribution in [2.24, 2.45) is 0 Å². The summed E-state index contributed by atoms with van der Waals surface area (Å²) in [6, 6.07) is 6.04. The Balaban J connectivity index is 2.17. The van der Waals surface area contributed by atoms with Crippen LogP contribution in [-0.4, -0.2) is 44.6 Å². The van der Waals surface area contributed by atoms with Crippen molar-refractivity contribution in [1.29, 1.82) is 0 Å². The van der Waals surface area contributed by atoms with Gasteiger partial charge in [-0.25, -0.2) is 9.67 Å². The first-order valence-corrected chi connectivity index (χ1v) is 7.91. The molecule has 0 aliphatic rings. The molecule has 6 nitrogen and oxygen atoms in total. The highest BCUT2D eigenvalue weighted by atomic mass is 16.3. The van der Waals surface area contributed by atoms with Gasteiger partial charge in [0.15, 0.2) is 11.5 Å². The fraction of sp³-hybridized carbons (Fsp3) is 0.353. The predicted octanol–water partition coefficient (Wildman–Crippen LogP) is 2.33. The first-order valence-electron chi connectivity index (χ1n) is 7.91. The molecule has 0 saturated heterocycles. The summed E-state index contributed by atoms with van der Waals surface area (Å²) in [6.45, 7) is 6.45. The van der Waals surface area contributed by atoms with Gasteiger partial charge in [0.05, 0.1) is 18.5 Å². The van der Waals surface area contributed by atoms with E-state index < -0.39 is 0 Å². The first kappa shape index (κ1) is 15.4. The molecule has 0 fully saturated rings. The van der Waals surface area contributed by atoms with Crippen LogP contribution in [0.4, 0.5) is 5.82 Å². The summed E-state index contributed by atoms with van der Waals surface area (Å²) < 4.78 is 1.77. The van der Waals surface area contributed by atoms with Crippen LogP contribution in [0.1, 0.15) is 13.8 Å². The lowest BCUT2D eigenvalue weighted by Gasteiger charge is -2.18. The van der Waals surface area contributed by atoms with Crippen molar-refractivity contribution >= 4 is 16.9 Å². The zero-order chi connectivity index (χ0) is 16.2. The van der Waals surface area contributed by atoms with E-state index >= 15 is 0 Å². The van der Waals surface area contributed by atoms with Gasteiger partial charge in [0.25, 0.3) is 0 Å². The smallest absolute Gasteiger partial charge is 0.160 e. The summed E-state index contributed by atoms with van der Waals surface area (Å²) >= 11 is 0. The van der Waals surface area contributed by atoms with Crippen molar-refractivity contribution in [2.45, 2.75) is 20.4 Å². The molecule has 3 aromatic heterocycles. The van der Waals surface area contributed by atoms with Gasteiger partial charge in [-0.3, -0.25) is 4.98 Å². The Morgan fingerprint density at radius 2 is 2.00 bits per heavy atom. The van der Waals surface area contributed by atoms with Crippen LogP contribution < -0.4 is 4.90 Å². The van der Waals surface area contributed by atoms with Gasteiger partial charge in [0, 0.05) is 42.8 Å². The lowest BCUT2D eigenvalue weighted by Crippen LogP contribution is -2.22. The molecule has 0 aliphatic carbocycles. The number of aliphatic hydroxyl groups excluding tert-OH is 1. The van der Waals surface area contributed by atoms with E-state index in [0.29, 0.717) is 6.54 Å². The molecule has 1 N–H and O–H groups in total. The average Bonchev–Trinajstić information content (AvgIpc) is 2.95. The largest absolute Gasteiger partial charge is 0.394 e. The van der Waals surface area contributed by atoms with Crippen LogP contribution in [0.15, 0.2) is 36.8 Å². The SMILES string of the molecule is CCN(CC)c1nn(CCO)c2ncc(-c3cccnc3)cc12. The van der Waals surface area contributed by atoms with E-state index in [0.717, 1.165) is 41.1 Å². The fourth-order valence-corrected chi connectivity index (χ4v) is 2.74. The summed E-state index contributed by atoms with van der Waals surface area (Å²) in [5.41, 5.74) is 2.85. The maximum absolute atomic E-state index is 9.26. The molecule has 6 heteroatoms. The monoisotopic (exact) mass is 311 g/mol. The molecule has 0 atom stereocenters. The Morgan fingerprint density at radius 1 is 1.17 bits per heavy atom. The quantitative estimate of drug-likeness (QED) is 0.757. The topological polar surface area (TPSA) is 67.1 Å². The number of rotatable bonds is 6. The second-order valence-electron chi connectivity index (χ2n) is 5.28. The van der Waals surface area contributed by atoms with Gasteiger partial charge in [0.1, 0.15) is 0 Å². The van der Waals surface area contributed by atoms with E-state index in [9.17, 15) is 5.11 Å². The predicted molar refractivity (Wildman–Crippen MR) is 91.4 cm³/mol. The zero-order valence-electron chi connectivity index (χ0n) is 13.5. The van der Waals surface area contributed by atoms with E-state index in [2.05, 4.69) is 39.9 Å². The number of anilines is 1. The Kier molecular flexibility index (Phi) is 4.52. The first-order chi connectivity index (χ1) is 11.3. The zero-order valence-corrected chi connectivity index (χ0v) is 13.5. The molecule has 0 bridgehead atoms. The molecule has 0 spiro atoms. The van der Waals surface area contributed by atoms with E-state index in [1.54, 1.807) is 10.9 Å². The van der Waals surface area contributed by atoms with Crippen LogP contribution in [0.2, 0.25) is 0 Å². The number of hydrogen-bond acceptors (Lipinski definition) is 5. The van der Waals surface area contributed by atoms with Gasteiger partial charge in [-0.1, -0.05) is 6.07 Å². The molecule has 120 valence electrons. The Bertz CT molecular complexity index is 780. The van der Waals surface area contributed by atoms with Gasteiger partial charge >= 0.3 is 0 Å². The van der Waals surface area contributed by atoms with Crippen LogP contribution in [0.5, 0.6) is 0 Å². The van der Waals surface area contributed by atoms with Crippen LogP contribution in [0.3, 0.4) is 0 Å². The van der Waals surface area contributed by atoms with Gasteiger partial charge < -0.3 is 10.0 Å². The highest BCUT2D eigenvalue weighted by molar-refractivity contribution is 5.91. The van der Waals surface area contributed by atoms with Crippen molar-refractivity contribution in [2.75, 3.05) is 24.6 Å². The molecule has 0 unspecified atom stereocenters. The second-order valence-corrected chi connectivity index (χ2v) is 5.28. The minimum absolute atomic E-state index is 0.0422. The van der Waals surface area contributed by atoms with E-state index in [4.69, 9.17) is 0 Å². The maximum Gasteiger partial charge on any atom is 0.160 e. The fourth-order valence-electron chi connectivity index (χ4n) is 2.74. The Morgan fingerprint density at radius 3 is 2.65 bits per heavy atom. The number of nitrogens with zero attached hydrogens (tertiary/aromatic N) is 5. The normalized spacial score (nSPS) is 11.1. The number of aromatic nitrogens is 4. The van der Waals surface area contributed by atoms with E-state index in [1.807, 2.05) is 24.5 Å². The molecule has 3 heterocycles. The highest BCUT2D eigenvalue weighted by Crippen LogP contribution is 2.29. The van der Waals surface area contributed by atoms with E-state index in [-0.39, 0.29) is 6.61 Å². The van der Waals surface area contributed by atoms with Crippen molar-refractivity contribution in [3.05, 3.63) is 36.8 Å². The van der Waals surface area contributed by atoms with Crippen molar-refractivity contribution < 1.29 is 5.11 Å². The molecule has 0 saturated carbocycles. The molecule has 0 aromatic carbocycles. The van der Waals surface area contributed by atoms with Crippen LogP contribution in [0, 0.1) is 0 Å². The lowest BCUT2D eigenvalue weighted by atomic mass is 10.1. The van der Waals surface area contributed by atoms with Gasteiger partial charge in [0.2, 0.25) is 0 Å². The van der Waals surface area contributed by atoms with Crippen molar-refractivity contribution in [1.82, 2.24) is 19.7 Å². The Hall–Kier alpha value is -2.47. The maximum atomic E-state index is 9.26. The van der Waals surface area contributed by atoms with Gasteiger partial charge in [-0.15, -0.1) is 0 Å². The van der Waals surface area contributed by atoms with Crippen LogP contribution in [-0.2, 0) is 6.54 Å². The summed E-state index contributed by atoms with van der Waals surface area (Å²) in [6.07, 6.45) is 5.43. The summed E-state index contributed by atoms with van der Waals surface area (Å²) in [4.78, 5) is 11.0. The van der Waals surface area contributed by atoms with Gasteiger partial charge in [-0.05, 0) is 26.0 Å². The average molecular weight is 311 g/mol. The van der Waals surface area contributed by atoms with Gasteiger partial charge in [-0.2, -0.15) is 5.10 Å². The molecule has 3 aromatic rings. The van der Waals surface area contributed by atoms with Crippen LogP contribution >= 0.6 is 0 Å². The second kappa shape index (κ2) is 6.75. The molecule has 0 aliphatic heterocycles. The molecular formula is C17H21N5O. The third-order valence-corrected chi connectivity index (χ3v) is 3.94. The number of fused-ring (bicyclic) bond motifs is 1. The van der Waals surface area contributed by atoms with Crippen molar-refractivity contribution in [3.8, 4) is 11.1 Å². The minimum Gasteiger partial charge on any atom is -0.394 e. The van der Waals surface area contributed by atoms with Crippen molar-refractivity contribution in [3.63, 3.8) is 0 Å². The van der Waals surface area contributed by atoms with Crippen LogP contribution in [0.25, 0.3) is 22.2 Å². The minimum atomic E-state index is 0.0422. The number of pyridine rings is 2. The highest BCUT2D eigenvalue weighted by Gasteiger charge is 2.16. The number of hydrogen-bond donors (Lipinski definition) is 1. The molecule has 0 radical (unpaired) electrons.